The third kappa shape index (κ3) is 7.11. The van der Waals surface area contributed by atoms with E-state index in [1.165, 1.54) is 28.6 Å². The van der Waals surface area contributed by atoms with Gasteiger partial charge in [-0.2, -0.15) is 4.31 Å². The van der Waals surface area contributed by atoms with Gasteiger partial charge in [-0.1, -0.05) is 52.9 Å². The lowest BCUT2D eigenvalue weighted by Gasteiger charge is -2.33. The molecule has 1 saturated carbocycles. The molecule has 1 amide bonds. The van der Waals surface area contributed by atoms with Crippen molar-refractivity contribution in [3.8, 4) is 0 Å². The molecule has 0 atom stereocenters. The van der Waals surface area contributed by atoms with Gasteiger partial charge in [0.1, 0.15) is 0 Å². The molecule has 3 rings (SSSR count). The minimum atomic E-state index is -3.87. The summed E-state index contributed by atoms with van der Waals surface area (Å²) in [6.45, 7) is 1.59. The molecule has 11 heteroatoms. The number of carbonyl (C=O) groups is 1. The van der Waals surface area contributed by atoms with Gasteiger partial charge < -0.3 is 5.32 Å². The number of nitrogens with zero attached hydrogens (tertiary/aromatic N) is 1. The number of hydrogen-bond donors (Lipinski definition) is 2. The number of nitrogens with one attached hydrogen (secondary N) is 2. The fourth-order valence-corrected chi connectivity index (χ4v) is 6.84. The van der Waals surface area contributed by atoms with Gasteiger partial charge in [-0.15, -0.1) is 0 Å². The zero-order valence-electron chi connectivity index (χ0n) is 19.0. The predicted molar refractivity (Wildman–Crippen MR) is 134 cm³/mol. The van der Waals surface area contributed by atoms with Crippen LogP contribution in [0.3, 0.4) is 0 Å². The molecule has 0 radical (unpaired) electrons. The molecular formula is C23H30BrN3O5S2. The lowest BCUT2D eigenvalue weighted by atomic mass is 9.95. The molecule has 0 aliphatic heterocycles. The summed E-state index contributed by atoms with van der Waals surface area (Å²) in [4.78, 5) is 12.9. The number of benzene rings is 2. The maximum absolute atomic E-state index is 13.4. The molecule has 0 heterocycles. The van der Waals surface area contributed by atoms with E-state index < -0.39 is 26.0 Å². The Morgan fingerprint density at radius 1 is 0.912 bits per heavy atom. The highest BCUT2D eigenvalue weighted by atomic mass is 79.9. The topological polar surface area (TPSA) is 113 Å². The third-order valence-electron chi connectivity index (χ3n) is 5.77. The predicted octanol–water partition coefficient (Wildman–Crippen LogP) is 3.18. The maximum atomic E-state index is 13.4. The van der Waals surface area contributed by atoms with Gasteiger partial charge in [0.15, 0.2) is 0 Å². The minimum absolute atomic E-state index is 0.00909. The summed E-state index contributed by atoms with van der Waals surface area (Å²) in [5, 5.41) is 2.64. The first-order chi connectivity index (χ1) is 16.1. The number of carbonyl (C=O) groups excluding carboxylic acids is 1. The van der Waals surface area contributed by atoms with E-state index in [0.717, 1.165) is 29.3 Å². The van der Waals surface area contributed by atoms with E-state index in [0.29, 0.717) is 12.8 Å². The second-order valence-electron chi connectivity index (χ2n) is 8.36. The fourth-order valence-electron chi connectivity index (χ4n) is 3.91. The second-order valence-corrected chi connectivity index (χ2v) is 12.9. The molecule has 8 nitrogen and oxygen atoms in total. The van der Waals surface area contributed by atoms with Gasteiger partial charge in [0.25, 0.3) is 0 Å². The van der Waals surface area contributed by atoms with Crippen molar-refractivity contribution in [2.45, 2.75) is 54.9 Å². The van der Waals surface area contributed by atoms with Gasteiger partial charge in [-0.25, -0.2) is 21.6 Å². The Kier molecular flexibility index (Phi) is 9.27. The molecule has 0 unspecified atom stereocenters. The van der Waals surface area contributed by atoms with E-state index in [2.05, 4.69) is 26.0 Å². The van der Waals surface area contributed by atoms with Crippen molar-refractivity contribution in [1.82, 2.24) is 14.3 Å². The number of amides is 1. The van der Waals surface area contributed by atoms with Crippen LogP contribution < -0.4 is 10.0 Å². The summed E-state index contributed by atoms with van der Waals surface area (Å²) < 4.78 is 56.0. The van der Waals surface area contributed by atoms with Crippen molar-refractivity contribution >= 4 is 41.9 Å². The lowest BCUT2D eigenvalue weighted by molar-refractivity contribution is -0.121. The van der Waals surface area contributed by atoms with Gasteiger partial charge in [0.05, 0.1) is 16.3 Å². The quantitative estimate of drug-likeness (QED) is 0.425. The number of halogens is 1. The molecule has 0 saturated heterocycles. The van der Waals surface area contributed by atoms with Gasteiger partial charge >= 0.3 is 0 Å². The van der Waals surface area contributed by atoms with E-state index in [4.69, 9.17) is 0 Å². The van der Waals surface area contributed by atoms with Gasteiger partial charge in [0.2, 0.25) is 26.0 Å². The number of hydrogen-bond acceptors (Lipinski definition) is 5. The zero-order chi connectivity index (χ0) is 24.8. The van der Waals surface area contributed by atoms with Gasteiger partial charge in [-0.3, -0.25) is 4.79 Å². The third-order valence-corrected chi connectivity index (χ3v) is 9.69. The molecule has 0 bridgehead atoms. The smallest absolute Gasteiger partial charge is 0.243 e. The lowest BCUT2D eigenvalue weighted by Crippen LogP contribution is -2.47. The maximum Gasteiger partial charge on any atom is 0.243 e. The van der Waals surface area contributed by atoms with Gasteiger partial charge in [0, 0.05) is 23.6 Å². The Bertz CT molecular complexity index is 1180. The number of sulfonamides is 2. The molecule has 1 fully saturated rings. The standard InChI is InChI=1S/C23H30BrN3O5S2/c1-18-7-11-21(12-8-18)33(29,30)26-16-15-25-23(28)17-27(20-5-3-2-4-6-20)34(31,32)22-13-9-19(24)10-14-22/h7-14,20,26H,2-6,15-17H2,1H3,(H,25,28). The average Bonchev–Trinajstić information content (AvgIpc) is 2.81. The molecule has 186 valence electrons. The van der Waals surface area contributed by atoms with E-state index in [1.54, 1.807) is 24.3 Å². The summed E-state index contributed by atoms with van der Waals surface area (Å²) in [5.74, 6) is -0.471. The fraction of sp³-hybridized carbons (Fsp3) is 0.435. The van der Waals surface area contributed by atoms with Crippen LogP contribution >= 0.6 is 15.9 Å². The Hall–Kier alpha value is -1.79. The van der Waals surface area contributed by atoms with Crippen LogP contribution in [0.4, 0.5) is 0 Å². The Labute approximate surface area is 210 Å². The van der Waals surface area contributed by atoms with Crippen LogP contribution in [0.15, 0.2) is 62.8 Å². The molecular weight excluding hydrogens is 542 g/mol. The summed E-state index contributed by atoms with van der Waals surface area (Å²) in [6, 6.07) is 12.6. The molecule has 34 heavy (non-hydrogen) atoms. The highest BCUT2D eigenvalue weighted by Crippen LogP contribution is 2.28. The Balaban J connectivity index is 1.61. The summed E-state index contributed by atoms with van der Waals surface area (Å²) in [6.07, 6.45) is 4.30. The van der Waals surface area contributed by atoms with E-state index in [1.807, 2.05) is 6.92 Å². The normalized spacial score (nSPS) is 15.4. The van der Waals surface area contributed by atoms with Crippen molar-refractivity contribution < 1.29 is 21.6 Å². The first kappa shape index (κ1) is 26.8. The highest BCUT2D eigenvalue weighted by molar-refractivity contribution is 9.10. The van der Waals surface area contributed by atoms with Crippen molar-refractivity contribution in [2.24, 2.45) is 0 Å². The summed E-state index contributed by atoms with van der Waals surface area (Å²) in [7, 11) is -7.56. The SMILES string of the molecule is Cc1ccc(S(=O)(=O)NCCNC(=O)CN(C2CCCCC2)S(=O)(=O)c2ccc(Br)cc2)cc1. The van der Waals surface area contributed by atoms with Crippen LogP contribution in [0, 0.1) is 6.92 Å². The molecule has 2 aromatic carbocycles. The zero-order valence-corrected chi connectivity index (χ0v) is 22.3. The second kappa shape index (κ2) is 11.8. The van der Waals surface area contributed by atoms with Crippen molar-refractivity contribution in [3.05, 3.63) is 58.6 Å². The molecule has 0 aromatic heterocycles. The number of rotatable bonds is 10. The Morgan fingerprint density at radius 2 is 1.50 bits per heavy atom. The van der Waals surface area contributed by atoms with E-state index in [-0.39, 0.29) is 35.5 Å². The van der Waals surface area contributed by atoms with Crippen LogP contribution in [0.25, 0.3) is 0 Å². The first-order valence-corrected chi connectivity index (χ1v) is 14.9. The largest absolute Gasteiger partial charge is 0.354 e. The highest BCUT2D eigenvalue weighted by Gasteiger charge is 2.33. The van der Waals surface area contributed by atoms with Crippen LogP contribution in [0.5, 0.6) is 0 Å². The van der Waals surface area contributed by atoms with E-state index in [9.17, 15) is 21.6 Å². The van der Waals surface area contributed by atoms with Crippen LogP contribution in [-0.2, 0) is 24.8 Å². The molecule has 2 N–H and O–H groups in total. The summed E-state index contributed by atoms with van der Waals surface area (Å²) >= 11 is 3.31. The molecule has 0 spiro atoms. The van der Waals surface area contributed by atoms with Crippen molar-refractivity contribution in [2.75, 3.05) is 19.6 Å². The monoisotopic (exact) mass is 571 g/mol. The van der Waals surface area contributed by atoms with Crippen molar-refractivity contribution in [1.29, 1.82) is 0 Å². The molecule has 2 aromatic rings. The minimum Gasteiger partial charge on any atom is -0.354 e. The van der Waals surface area contributed by atoms with Crippen LogP contribution in [-0.4, -0.2) is 52.7 Å². The van der Waals surface area contributed by atoms with Crippen LogP contribution in [0.2, 0.25) is 0 Å². The first-order valence-electron chi connectivity index (χ1n) is 11.2. The summed E-state index contributed by atoms with van der Waals surface area (Å²) in [5.41, 5.74) is 0.951. The van der Waals surface area contributed by atoms with Gasteiger partial charge in [-0.05, 0) is 56.2 Å². The Morgan fingerprint density at radius 3 is 2.12 bits per heavy atom. The van der Waals surface area contributed by atoms with Crippen molar-refractivity contribution in [3.63, 3.8) is 0 Å². The molecule has 1 aliphatic rings. The average molecular weight is 573 g/mol. The van der Waals surface area contributed by atoms with Crippen LogP contribution in [0.1, 0.15) is 37.7 Å². The van der Waals surface area contributed by atoms with E-state index >= 15 is 0 Å². The molecule has 1 aliphatic carbocycles. The number of aryl methyl sites for hydroxylation is 1.